The quantitative estimate of drug-likeness (QED) is 0.412. The minimum absolute atomic E-state index is 0.232. The fourth-order valence-corrected chi connectivity index (χ4v) is 3.55. The number of benzene rings is 2. The van der Waals surface area contributed by atoms with Crippen LogP contribution in [0.1, 0.15) is 19.2 Å². The number of fused-ring (bicyclic) bond motifs is 4. The maximum absolute atomic E-state index is 11.1. The molecule has 2 heterocycles. The molecule has 2 aromatic carbocycles. The third kappa shape index (κ3) is 2.69. The fourth-order valence-electron chi connectivity index (χ4n) is 3.15. The predicted octanol–water partition coefficient (Wildman–Crippen LogP) is 3.25. The van der Waals surface area contributed by atoms with E-state index in [9.17, 15) is 13.0 Å². The van der Waals surface area contributed by atoms with Crippen molar-refractivity contribution < 1.29 is 26.4 Å². The second kappa shape index (κ2) is 5.57. The van der Waals surface area contributed by atoms with Gasteiger partial charge in [0.05, 0.1) is 22.3 Å². The lowest BCUT2D eigenvalue weighted by molar-refractivity contribution is -0.682. The Balaban J connectivity index is 1.84. The smallest absolute Gasteiger partial charge is 0.344 e. The molecule has 0 saturated heterocycles. The van der Waals surface area contributed by atoms with Gasteiger partial charge in [0.1, 0.15) is 11.2 Å². The van der Waals surface area contributed by atoms with Gasteiger partial charge in [-0.05, 0) is 13.0 Å². The van der Waals surface area contributed by atoms with E-state index in [4.69, 9.17) is 8.83 Å². The van der Waals surface area contributed by atoms with Gasteiger partial charge in [0, 0.05) is 29.3 Å². The van der Waals surface area contributed by atoms with Crippen molar-refractivity contribution in [2.45, 2.75) is 32.1 Å². The van der Waals surface area contributed by atoms with Crippen molar-refractivity contribution in [3.63, 3.8) is 0 Å². The van der Waals surface area contributed by atoms with Gasteiger partial charge in [-0.2, -0.15) is 4.57 Å². The Morgan fingerprint density at radius 2 is 1.84 bits per heavy atom. The third-order valence-corrected chi connectivity index (χ3v) is 5.86. The van der Waals surface area contributed by atoms with Crippen molar-refractivity contribution in [1.29, 1.82) is 0 Å². The number of rotatable bonds is 4. The molecule has 0 aliphatic rings. The molecule has 1 unspecified atom stereocenters. The third-order valence-electron chi connectivity index (χ3n) is 4.64. The maximum atomic E-state index is 11.1. The highest BCUT2D eigenvalue weighted by atomic mass is 32.2. The van der Waals surface area contributed by atoms with E-state index < -0.39 is 15.4 Å². The van der Waals surface area contributed by atoms with Gasteiger partial charge in [0.15, 0.2) is 6.54 Å². The zero-order valence-electron chi connectivity index (χ0n) is 13.9. The Bertz CT molecular complexity index is 1200. The molecule has 25 heavy (non-hydrogen) atoms. The van der Waals surface area contributed by atoms with Gasteiger partial charge in [-0.25, -0.2) is 8.42 Å². The van der Waals surface area contributed by atoms with Gasteiger partial charge < -0.3 is 13.4 Å². The van der Waals surface area contributed by atoms with Crippen molar-refractivity contribution in [2.24, 2.45) is 0 Å². The maximum Gasteiger partial charge on any atom is 0.344 e. The summed E-state index contributed by atoms with van der Waals surface area (Å²) in [5, 5.41) is 1.05. The number of furan rings is 1. The van der Waals surface area contributed by atoms with Gasteiger partial charge in [0.25, 0.3) is 5.52 Å². The van der Waals surface area contributed by atoms with Gasteiger partial charge in [-0.3, -0.25) is 0 Å². The number of nitrogens with zero attached hydrogens (tertiary/aromatic N) is 1. The van der Waals surface area contributed by atoms with Crippen LogP contribution in [-0.2, 0) is 16.7 Å². The summed E-state index contributed by atoms with van der Waals surface area (Å²) in [6.45, 7) is 3.64. The number of hydrogen-bond acceptors (Lipinski definition) is 5. The molecule has 0 spiro atoms. The van der Waals surface area contributed by atoms with Crippen LogP contribution in [0.15, 0.2) is 45.2 Å². The van der Waals surface area contributed by atoms with Crippen molar-refractivity contribution >= 4 is 43.2 Å². The number of oxazole rings is 1. The molecular weight excluding hydrogens is 342 g/mol. The molecule has 7 heteroatoms. The Morgan fingerprint density at radius 1 is 1.08 bits per heavy atom. The highest BCUT2D eigenvalue weighted by molar-refractivity contribution is 7.86. The molecule has 0 radical (unpaired) electrons. The lowest BCUT2D eigenvalue weighted by Gasteiger charge is -2.13. The van der Waals surface area contributed by atoms with Gasteiger partial charge in [0.2, 0.25) is 5.58 Å². The minimum Gasteiger partial charge on any atom is -0.748 e. The summed E-state index contributed by atoms with van der Waals surface area (Å²) in [4.78, 5) is 0. The molecule has 0 N–H and O–H groups in total. The normalized spacial score (nSPS) is 13.9. The molecule has 0 saturated carbocycles. The van der Waals surface area contributed by atoms with E-state index in [-0.39, 0.29) is 6.42 Å². The summed E-state index contributed by atoms with van der Waals surface area (Å²) >= 11 is 0. The van der Waals surface area contributed by atoms with Gasteiger partial charge >= 0.3 is 5.89 Å². The standard InChI is InChI=1S/C18H17NO5S/c1-11(25(20,21)22)7-8-19-12(2)23-18-10-17-14(9-15(18)19)13-5-3-4-6-16(13)24-17/h3-6,9-11H,7-8H2,1-2H3. The first-order valence-electron chi connectivity index (χ1n) is 8.03. The van der Waals surface area contributed by atoms with E-state index in [1.165, 1.54) is 6.92 Å². The first kappa shape index (κ1) is 16.1. The minimum atomic E-state index is -4.29. The predicted molar refractivity (Wildman–Crippen MR) is 92.2 cm³/mol. The lowest BCUT2D eigenvalue weighted by Crippen LogP contribution is -2.37. The molecule has 130 valence electrons. The SMILES string of the molecule is Cc1oc2cc3oc4ccccc4c3cc2[n+]1CCC(C)S(=O)(=O)[O-]. The highest BCUT2D eigenvalue weighted by Crippen LogP contribution is 2.31. The molecule has 1 atom stereocenters. The zero-order valence-corrected chi connectivity index (χ0v) is 14.7. The molecule has 6 nitrogen and oxygen atoms in total. The molecule has 4 rings (SSSR count). The summed E-state index contributed by atoms with van der Waals surface area (Å²) in [5.74, 6) is 0.655. The molecular formula is C18H17NO5S. The number of aryl methyl sites for hydroxylation is 2. The van der Waals surface area contributed by atoms with Crippen molar-refractivity contribution in [1.82, 2.24) is 0 Å². The van der Waals surface area contributed by atoms with Crippen LogP contribution in [-0.4, -0.2) is 18.2 Å². The largest absolute Gasteiger partial charge is 0.748 e. The summed E-state index contributed by atoms with van der Waals surface area (Å²) in [6, 6.07) is 11.6. The zero-order chi connectivity index (χ0) is 17.8. The van der Waals surface area contributed by atoms with Crippen LogP contribution in [0.5, 0.6) is 0 Å². The van der Waals surface area contributed by atoms with Crippen LogP contribution < -0.4 is 4.57 Å². The number of aromatic nitrogens is 1. The summed E-state index contributed by atoms with van der Waals surface area (Å²) in [6.07, 6.45) is 0.232. The topological polar surface area (TPSA) is 87.4 Å². The van der Waals surface area contributed by atoms with Crippen LogP contribution >= 0.6 is 0 Å². The second-order valence-electron chi connectivity index (χ2n) is 6.28. The van der Waals surface area contributed by atoms with Crippen LogP contribution in [0, 0.1) is 6.92 Å². The molecule has 0 amide bonds. The highest BCUT2D eigenvalue weighted by Gasteiger charge is 2.23. The Labute approximate surface area is 144 Å². The van der Waals surface area contributed by atoms with E-state index in [1.54, 1.807) is 0 Å². The van der Waals surface area contributed by atoms with Crippen LogP contribution in [0.4, 0.5) is 0 Å². The molecule has 0 fully saturated rings. The molecule has 0 aliphatic carbocycles. The van der Waals surface area contributed by atoms with E-state index in [0.29, 0.717) is 18.0 Å². The molecule has 4 aromatic rings. The summed E-state index contributed by atoms with van der Waals surface area (Å²) < 4.78 is 46.9. The van der Waals surface area contributed by atoms with Crippen molar-refractivity contribution in [3.05, 3.63) is 42.3 Å². The monoisotopic (exact) mass is 359 g/mol. The first-order valence-corrected chi connectivity index (χ1v) is 9.50. The van der Waals surface area contributed by atoms with Crippen molar-refractivity contribution in [3.8, 4) is 0 Å². The molecule has 0 bridgehead atoms. The van der Waals surface area contributed by atoms with Crippen LogP contribution in [0.2, 0.25) is 0 Å². The van der Waals surface area contributed by atoms with E-state index >= 15 is 0 Å². The summed E-state index contributed by atoms with van der Waals surface area (Å²) in [5.41, 5.74) is 3.07. The number of para-hydroxylation sites is 1. The molecule has 2 aromatic heterocycles. The van der Waals surface area contributed by atoms with Crippen LogP contribution in [0.25, 0.3) is 33.0 Å². The Kier molecular flexibility index (Phi) is 3.59. The lowest BCUT2D eigenvalue weighted by atomic mass is 10.1. The molecule has 0 aliphatic heterocycles. The van der Waals surface area contributed by atoms with Crippen molar-refractivity contribution in [2.75, 3.05) is 0 Å². The second-order valence-corrected chi connectivity index (χ2v) is 8.07. The summed E-state index contributed by atoms with van der Waals surface area (Å²) in [7, 11) is -4.29. The number of hydrogen-bond donors (Lipinski definition) is 0. The first-order chi connectivity index (χ1) is 11.8. The average Bonchev–Trinajstić information content (AvgIpc) is 3.05. The fraction of sp³-hybridized carbons (Fsp3) is 0.278. The van der Waals surface area contributed by atoms with E-state index in [0.717, 1.165) is 27.5 Å². The van der Waals surface area contributed by atoms with Gasteiger partial charge in [-0.15, -0.1) is 0 Å². The Hall–Kier alpha value is -2.38. The van der Waals surface area contributed by atoms with E-state index in [1.807, 2.05) is 47.9 Å². The Morgan fingerprint density at radius 3 is 2.60 bits per heavy atom. The average molecular weight is 359 g/mol. The van der Waals surface area contributed by atoms with Gasteiger partial charge in [-0.1, -0.05) is 18.2 Å². The van der Waals surface area contributed by atoms with Crippen LogP contribution in [0.3, 0.4) is 0 Å². The van der Waals surface area contributed by atoms with E-state index in [2.05, 4.69) is 0 Å².